The lowest BCUT2D eigenvalue weighted by Gasteiger charge is -2.14. The first-order valence-electron chi connectivity index (χ1n) is 10.1. The van der Waals surface area contributed by atoms with Crippen molar-refractivity contribution in [3.8, 4) is 17.2 Å². The summed E-state index contributed by atoms with van der Waals surface area (Å²) in [5.41, 5.74) is 4.77. The number of rotatable bonds is 8. The van der Waals surface area contributed by atoms with E-state index in [1.807, 2.05) is 0 Å². The maximum Gasteiger partial charge on any atom is 0.269 e. The molecule has 3 N–H and O–H groups in total. The highest BCUT2D eigenvalue weighted by molar-refractivity contribution is 7.92. The van der Waals surface area contributed by atoms with Gasteiger partial charge in [0.25, 0.3) is 21.8 Å². The van der Waals surface area contributed by atoms with Gasteiger partial charge in [-0.05, 0) is 54.6 Å². The van der Waals surface area contributed by atoms with Gasteiger partial charge in [-0.1, -0.05) is 0 Å². The predicted octanol–water partition coefficient (Wildman–Crippen LogP) is 2.87. The molecule has 0 heterocycles. The number of halogens is 2. The Labute approximate surface area is 205 Å². The molecule has 0 unspecified atom stereocenters. The molecule has 0 atom stereocenters. The quantitative estimate of drug-likeness (QED) is 0.389. The van der Waals surface area contributed by atoms with E-state index in [9.17, 15) is 26.8 Å². The molecule has 10 nitrogen and oxygen atoms in total. The fourth-order valence-corrected chi connectivity index (χ4v) is 4.09. The van der Waals surface area contributed by atoms with Crippen molar-refractivity contribution in [1.82, 2.24) is 10.9 Å². The lowest BCUT2D eigenvalue weighted by molar-refractivity contribution is 0.0846. The fourth-order valence-electron chi connectivity index (χ4n) is 3.02. The maximum atomic E-state index is 13.4. The number of amides is 2. The topological polar surface area (TPSA) is 132 Å². The summed E-state index contributed by atoms with van der Waals surface area (Å²) in [6.45, 7) is 0. The SMILES string of the molecule is COc1cc(C(=O)NNC(=O)c2ccc(NS(=O)(=O)c3ccc(F)c(F)c3)cc2)cc(OC)c1OC. The molecule has 3 aromatic carbocycles. The third-order valence-corrected chi connectivity index (χ3v) is 6.20. The highest BCUT2D eigenvalue weighted by atomic mass is 32.2. The van der Waals surface area contributed by atoms with E-state index in [2.05, 4.69) is 15.6 Å². The summed E-state index contributed by atoms with van der Waals surface area (Å²) in [7, 11) is 0.000420. The Morgan fingerprint density at radius 2 is 1.28 bits per heavy atom. The average molecular weight is 521 g/mol. The van der Waals surface area contributed by atoms with Crippen LogP contribution in [-0.2, 0) is 10.0 Å². The summed E-state index contributed by atoms with van der Waals surface area (Å²) < 4.78 is 69.0. The zero-order chi connectivity index (χ0) is 26.5. The molecule has 190 valence electrons. The van der Waals surface area contributed by atoms with Gasteiger partial charge in [0.05, 0.1) is 26.2 Å². The summed E-state index contributed by atoms with van der Waals surface area (Å²) in [5.74, 6) is -3.06. The van der Waals surface area contributed by atoms with Gasteiger partial charge < -0.3 is 14.2 Å². The van der Waals surface area contributed by atoms with E-state index in [4.69, 9.17) is 14.2 Å². The van der Waals surface area contributed by atoms with Gasteiger partial charge in [0, 0.05) is 16.8 Å². The van der Waals surface area contributed by atoms with Crippen molar-refractivity contribution in [1.29, 1.82) is 0 Å². The minimum atomic E-state index is -4.20. The van der Waals surface area contributed by atoms with Crippen molar-refractivity contribution in [2.45, 2.75) is 4.90 Å². The number of hydrogen-bond acceptors (Lipinski definition) is 7. The number of hydrogen-bond donors (Lipinski definition) is 3. The van der Waals surface area contributed by atoms with E-state index in [1.54, 1.807) is 0 Å². The van der Waals surface area contributed by atoms with Gasteiger partial charge in [0.1, 0.15) is 0 Å². The van der Waals surface area contributed by atoms with Gasteiger partial charge in [0.15, 0.2) is 23.1 Å². The summed E-state index contributed by atoms with van der Waals surface area (Å²) in [6.07, 6.45) is 0. The Hall–Kier alpha value is -4.39. The third kappa shape index (κ3) is 5.81. The van der Waals surface area contributed by atoms with Gasteiger partial charge in [-0.3, -0.25) is 25.2 Å². The van der Waals surface area contributed by atoms with Crippen LogP contribution < -0.4 is 29.8 Å². The second-order valence-corrected chi connectivity index (χ2v) is 8.76. The Morgan fingerprint density at radius 1 is 0.722 bits per heavy atom. The maximum absolute atomic E-state index is 13.4. The molecule has 0 saturated heterocycles. The molecule has 0 saturated carbocycles. The van der Waals surface area contributed by atoms with Crippen molar-refractivity contribution in [3.63, 3.8) is 0 Å². The van der Waals surface area contributed by atoms with E-state index < -0.39 is 38.4 Å². The summed E-state index contributed by atoms with van der Waals surface area (Å²) in [4.78, 5) is 24.4. The molecule has 0 spiro atoms. The zero-order valence-corrected chi connectivity index (χ0v) is 20.0. The lowest BCUT2D eigenvalue weighted by atomic mass is 10.1. The highest BCUT2D eigenvalue weighted by Gasteiger charge is 2.19. The summed E-state index contributed by atoms with van der Waals surface area (Å²) >= 11 is 0. The van der Waals surface area contributed by atoms with Crippen LogP contribution in [0.15, 0.2) is 59.5 Å². The van der Waals surface area contributed by atoms with Gasteiger partial charge in [-0.15, -0.1) is 0 Å². The number of benzene rings is 3. The molecule has 3 aromatic rings. The van der Waals surface area contributed by atoms with Gasteiger partial charge >= 0.3 is 0 Å². The highest BCUT2D eigenvalue weighted by Crippen LogP contribution is 2.38. The zero-order valence-electron chi connectivity index (χ0n) is 19.2. The van der Waals surface area contributed by atoms with Crippen LogP contribution in [0, 0.1) is 11.6 Å². The number of carbonyl (C=O) groups is 2. The molecule has 3 rings (SSSR count). The second-order valence-electron chi connectivity index (χ2n) is 7.08. The number of carbonyl (C=O) groups excluding carboxylic acids is 2. The Balaban J connectivity index is 1.66. The molecule has 0 fully saturated rings. The molecule has 0 aliphatic heterocycles. The van der Waals surface area contributed by atoms with Crippen molar-refractivity contribution >= 4 is 27.5 Å². The first kappa shape index (κ1) is 26.2. The minimum Gasteiger partial charge on any atom is -0.493 e. The molecular formula is C23H21F2N3O7S. The molecule has 0 aliphatic rings. The smallest absolute Gasteiger partial charge is 0.269 e. The van der Waals surface area contributed by atoms with Crippen LogP contribution in [-0.4, -0.2) is 41.6 Å². The number of methoxy groups -OCH3 is 3. The van der Waals surface area contributed by atoms with Crippen LogP contribution in [0.25, 0.3) is 0 Å². The van der Waals surface area contributed by atoms with Crippen molar-refractivity contribution in [2.75, 3.05) is 26.1 Å². The van der Waals surface area contributed by atoms with Crippen molar-refractivity contribution in [3.05, 3.63) is 77.4 Å². The van der Waals surface area contributed by atoms with E-state index in [0.29, 0.717) is 17.9 Å². The van der Waals surface area contributed by atoms with E-state index in [0.717, 1.165) is 6.07 Å². The van der Waals surface area contributed by atoms with Gasteiger partial charge in [0.2, 0.25) is 5.75 Å². The van der Waals surface area contributed by atoms with E-state index >= 15 is 0 Å². The van der Waals surface area contributed by atoms with Crippen LogP contribution in [0.2, 0.25) is 0 Å². The van der Waals surface area contributed by atoms with Crippen LogP contribution in [0.1, 0.15) is 20.7 Å². The molecule has 0 radical (unpaired) electrons. The molecule has 13 heteroatoms. The Bertz CT molecular complexity index is 1370. The molecule has 0 aliphatic carbocycles. The van der Waals surface area contributed by atoms with Gasteiger partial charge in [-0.2, -0.15) is 0 Å². The molecule has 0 aromatic heterocycles. The fraction of sp³-hybridized carbons (Fsp3) is 0.130. The predicted molar refractivity (Wildman–Crippen MR) is 125 cm³/mol. The molecular weight excluding hydrogens is 500 g/mol. The number of anilines is 1. The number of nitrogens with one attached hydrogen (secondary N) is 3. The average Bonchev–Trinajstić information content (AvgIpc) is 2.87. The number of ether oxygens (including phenoxy) is 3. The van der Waals surface area contributed by atoms with E-state index in [-0.39, 0.29) is 28.3 Å². The van der Waals surface area contributed by atoms with Crippen LogP contribution in [0.4, 0.5) is 14.5 Å². The monoisotopic (exact) mass is 521 g/mol. The number of sulfonamides is 1. The van der Waals surface area contributed by atoms with Gasteiger partial charge in [-0.25, -0.2) is 17.2 Å². The third-order valence-electron chi connectivity index (χ3n) is 4.82. The normalized spacial score (nSPS) is 10.8. The first-order valence-corrected chi connectivity index (χ1v) is 11.6. The Kier molecular flexibility index (Phi) is 7.94. The van der Waals surface area contributed by atoms with Crippen LogP contribution in [0.3, 0.4) is 0 Å². The van der Waals surface area contributed by atoms with Crippen LogP contribution in [0.5, 0.6) is 17.2 Å². The summed E-state index contributed by atoms with van der Waals surface area (Å²) in [5, 5.41) is 0. The number of hydrazine groups is 1. The van der Waals surface area contributed by atoms with Crippen LogP contribution >= 0.6 is 0 Å². The second kappa shape index (κ2) is 10.9. The molecule has 0 bridgehead atoms. The van der Waals surface area contributed by atoms with Crippen molar-refractivity contribution < 1.29 is 41.0 Å². The standard InChI is InChI=1S/C23H21F2N3O7S/c1-33-19-10-14(11-20(34-2)21(19)35-3)23(30)27-26-22(29)13-4-6-15(7-5-13)28-36(31,32)16-8-9-17(24)18(25)12-16/h4-12,28H,1-3H3,(H,26,29)(H,27,30). The Morgan fingerprint density at radius 3 is 1.78 bits per heavy atom. The van der Waals surface area contributed by atoms with E-state index in [1.165, 1.54) is 57.7 Å². The molecule has 2 amide bonds. The summed E-state index contributed by atoms with van der Waals surface area (Å²) in [6, 6.07) is 10.1. The van der Waals surface area contributed by atoms with Crippen molar-refractivity contribution in [2.24, 2.45) is 0 Å². The minimum absolute atomic E-state index is 0.0674. The molecule has 36 heavy (non-hydrogen) atoms. The first-order chi connectivity index (χ1) is 17.1. The lowest BCUT2D eigenvalue weighted by Crippen LogP contribution is -2.41. The largest absolute Gasteiger partial charge is 0.493 e.